The molecule has 0 radical (unpaired) electrons. The van der Waals surface area contributed by atoms with E-state index in [1.807, 2.05) is 0 Å². The molecular weight excluding hydrogens is 443 g/mol. The molecule has 1 aromatic carbocycles. The first-order valence-corrected chi connectivity index (χ1v) is 12.2. The minimum Gasteiger partial charge on any atom is -0.382 e. The molecule has 3 heterocycles. The number of pyridine rings is 1. The smallest absolute Gasteiger partial charge is 0.229 e. The maximum Gasteiger partial charge on any atom is 0.229 e. The third kappa shape index (κ3) is 6.22. The average Bonchev–Trinajstić information content (AvgIpc) is 2.85. The fraction of sp³-hybridized carbons (Fsp3) is 0.520. The van der Waals surface area contributed by atoms with Crippen molar-refractivity contribution < 1.29 is 13.9 Å². The number of amides is 1. The van der Waals surface area contributed by atoms with E-state index >= 15 is 0 Å². The minimum atomic E-state index is -0.306. The van der Waals surface area contributed by atoms with E-state index in [0.717, 1.165) is 50.9 Å². The number of aromatic nitrogens is 1. The Bertz CT molecular complexity index is 959. The van der Waals surface area contributed by atoms with Crippen LogP contribution in [0.1, 0.15) is 39.0 Å². The van der Waals surface area contributed by atoms with E-state index in [0.29, 0.717) is 47.1 Å². The van der Waals surface area contributed by atoms with Crippen LogP contribution in [-0.4, -0.2) is 43.2 Å². The van der Waals surface area contributed by atoms with E-state index in [9.17, 15) is 9.18 Å². The van der Waals surface area contributed by atoms with Gasteiger partial charge in [0.15, 0.2) is 0 Å². The summed E-state index contributed by atoms with van der Waals surface area (Å²) in [6.45, 7) is 5.03. The first kappa shape index (κ1) is 23.9. The van der Waals surface area contributed by atoms with E-state index in [4.69, 9.17) is 16.3 Å². The second-order valence-corrected chi connectivity index (χ2v) is 9.36. The van der Waals surface area contributed by atoms with Crippen LogP contribution in [0.4, 0.5) is 15.9 Å². The van der Waals surface area contributed by atoms with Gasteiger partial charge < -0.3 is 20.7 Å². The molecule has 178 valence electrons. The number of anilines is 2. The summed E-state index contributed by atoms with van der Waals surface area (Å²) >= 11 is 6.43. The molecule has 6 nitrogen and oxygen atoms in total. The number of ether oxygens (including phenoxy) is 1. The molecule has 33 heavy (non-hydrogen) atoms. The van der Waals surface area contributed by atoms with Gasteiger partial charge in [0.2, 0.25) is 5.91 Å². The van der Waals surface area contributed by atoms with Crippen molar-refractivity contribution in [1.82, 2.24) is 10.3 Å². The zero-order valence-electron chi connectivity index (χ0n) is 19.0. The lowest BCUT2D eigenvalue weighted by Gasteiger charge is -2.28. The van der Waals surface area contributed by atoms with Crippen LogP contribution in [-0.2, 0) is 9.53 Å². The van der Waals surface area contributed by atoms with Crippen molar-refractivity contribution in [3.63, 3.8) is 0 Å². The van der Waals surface area contributed by atoms with Crippen molar-refractivity contribution in [2.45, 2.75) is 45.1 Å². The van der Waals surface area contributed by atoms with E-state index in [-0.39, 0.29) is 17.6 Å². The van der Waals surface area contributed by atoms with Gasteiger partial charge in [-0.3, -0.25) is 4.79 Å². The standard InChI is InChI=1S/C25H32ClFN4O2/c1-2-19-5-3-18(14-28-19)25(32)31-24-12-20(21(26)15-30-24)17-4-6-22(27)23(11-17)29-13-16-7-9-33-10-8-16/h4,6,11-12,15-16,18-19,28-29H,2-3,5,7-10,13-14H2,1H3,(H,30,31,32)/t18-,19?/m1/s1. The highest BCUT2D eigenvalue weighted by atomic mass is 35.5. The number of carbonyl (C=O) groups is 1. The molecule has 2 saturated heterocycles. The Hall–Kier alpha value is -2.22. The van der Waals surface area contributed by atoms with Gasteiger partial charge in [0.1, 0.15) is 11.6 Å². The van der Waals surface area contributed by atoms with Crippen LogP contribution in [0.5, 0.6) is 0 Å². The molecule has 0 bridgehead atoms. The van der Waals surface area contributed by atoms with E-state index in [1.54, 1.807) is 18.2 Å². The Morgan fingerprint density at radius 3 is 2.79 bits per heavy atom. The Labute approximate surface area is 199 Å². The van der Waals surface area contributed by atoms with Crippen LogP contribution in [0.25, 0.3) is 11.1 Å². The van der Waals surface area contributed by atoms with E-state index in [2.05, 4.69) is 27.9 Å². The van der Waals surface area contributed by atoms with Gasteiger partial charge in [-0.15, -0.1) is 0 Å². The zero-order valence-corrected chi connectivity index (χ0v) is 19.8. The molecule has 2 fully saturated rings. The summed E-state index contributed by atoms with van der Waals surface area (Å²) in [7, 11) is 0. The van der Waals surface area contributed by atoms with E-state index in [1.165, 1.54) is 12.3 Å². The Kier molecular flexibility index (Phi) is 8.17. The molecule has 3 N–H and O–H groups in total. The van der Waals surface area contributed by atoms with Gasteiger partial charge in [-0.05, 0) is 61.8 Å². The highest BCUT2D eigenvalue weighted by Gasteiger charge is 2.25. The number of hydrogen-bond acceptors (Lipinski definition) is 5. The van der Waals surface area contributed by atoms with Crippen molar-refractivity contribution in [2.24, 2.45) is 11.8 Å². The average molecular weight is 475 g/mol. The molecule has 1 unspecified atom stereocenters. The quantitative estimate of drug-likeness (QED) is 0.520. The van der Waals surface area contributed by atoms with Crippen LogP contribution in [0.2, 0.25) is 5.02 Å². The van der Waals surface area contributed by atoms with Crippen molar-refractivity contribution in [3.8, 4) is 11.1 Å². The highest BCUT2D eigenvalue weighted by Crippen LogP contribution is 2.32. The molecule has 2 aromatic rings. The second-order valence-electron chi connectivity index (χ2n) is 8.96. The summed E-state index contributed by atoms with van der Waals surface area (Å²) in [5.41, 5.74) is 1.90. The predicted molar refractivity (Wildman–Crippen MR) is 130 cm³/mol. The summed E-state index contributed by atoms with van der Waals surface area (Å²) in [6, 6.07) is 7.13. The van der Waals surface area contributed by atoms with E-state index < -0.39 is 0 Å². The minimum absolute atomic E-state index is 0.0456. The van der Waals surface area contributed by atoms with Crippen molar-refractivity contribution >= 4 is 29.0 Å². The topological polar surface area (TPSA) is 75.3 Å². The number of nitrogens with one attached hydrogen (secondary N) is 3. The number of nitrogens with zero attached hydrogens (tertiary/aromatic N) is 1. The van der Waals surface area contributed by atoms with Crippen LogP contribution in [0.15, 0.2) is 30.5 Å². The fourth-order valence-electron chi connectivity index (χ4n) is 4.48. The van der Waals surface area contributed by atoms with Crippen LogP contribution >= 0.6 is 11.6 Å². The summed E-state index contributed by atoms with van der Waals surface area (Å²) in [4.78, 5) is 17.0. The Morgan fingerprint density at radius 2 is 2.06 bits per heavy atom. The predicted octanol–water partition coefficient (Wildman–Crippen LogP) is 5.10. The molecule has 0 aliphatic carbocycles. The summed E-state index contributed by atoms with van der Waals surface area (Å²) in [5.74, 6) is 0.476. The molecule has 1 aromatic heterocycles. The molecule has 2 atom stereocenters. The second kappa shape index (κ2) is 11.3. The maximum absolute atomic E-state index is 14.5. The van der Waals surface area contributed by atoms with Gasteiger partial charge in [-0.1, -0.05) is 24.6 Å². The normalized spacial score (nSPS) is 21.5. The third-order valence-corrected chi connectivity index (χ3v) is 6.99. The zero-order chi connectivity index (χ0) is 23.2. The summed E-state index contributed by atoms with van der Waals surface area (Å²) < 4.78 is 19.9. The SMILES string of the molecule is CCC1CC[C@@H](C(=O)Nc2cc(-c3ccc(F)c(NCC4CCOCC4)c3)c(Cl)cn2)CN1. The van der Waals surface area contributed by atoms with Crippen molar-refractivity contribution in [3.05, 3.63) is 41.3 Å². The first-order chi connectivity index (χ1) is 16.0. The molecule has 2 aliphatic rings. The molecule has 2 aliphatic heterocycles. The van der Waals surface area contributed by atoms with Gasteiger partial charge in [0.25, 0.3) is 0 Å². The lowest BCUT2D eigenvalue weighted by Crippen LogP contribution is -2.43. The molecule has 1 amide bonds. The van der Waals surface area contributed by atoms with Crippen LogP contribution in [0.3, 0.4) is 0 Å². The Morgan fingerprint density at radius 1 is 1.24 bits per heavy atom. The molecule has 4 rings (SSSR count). The number of hydrogen-bond donors (Lipinski definition) is 3. The molecular formula is C25H32ClFN4O2. The molecule has 0 spiro atoms. The highest BCUT2D eigenvalue weighted by molar-refractivity contribution is 6.33. The summed E-state index contributed by atoms with van der Waals surface area (Å²) in [5, 5.41) is 10.0. The van der Waals surface area contributed by atoms with Gasteiger partial charge in [-0.25, -0.2) is 9.37 Å². The number of halogens is 2. The lowest BCUT2D eigenvalue weighted by atomic mass is 9.93. The van der Waals surface area contributed by atoms with Crippen molar-refractivity contribution in [1.29, 1.82) is 0 Å². The lowest BCUT2D eigenvalue weighted by molar-refractivity contribution is -0.120. The monoisotopic (exact) mass is 474 g/mol. The largest absolute Gasteiger partial charge is 0.382 e. The van der Waals surface area contributed by atoms with Gasteiger partial charge in [-0.2, -0.15) is 0 Å². The van der Waals surface area contributed by atoms with Crippen molar-refractivity contribution in [2.75, 3.05) is 36.9 Å². The number of piperidine rings is 1. The molecule has 8 heteroatoms. The number of rotatable bonds is 7. The number of benzene rings is 1. The first-order valence-electron chi connectivity index (χ1n) is 11.8. The third-order valence-electron chi connectivity index (χ3n) is 6.69. The summed E-state index contributed by atoms with van der Waals surface area (Å²) in [6.07, 6.45) is 6.40. The molecule has 0 saturated carbocycles. The van der Waals surface area contributed by atoms with Gasteiger partial charge >= 0.3 is 0 Å². The maximum atomic E-state index is 14.5. The van der Waals surface area contributed by atoms with Crippen LogP contribution in [0, 0.1) is 17.7 Å². The van der Waals surface area contributed by atoms with Crippen LogP contribution < -0.4 is 16.0 Å². The fourth-order valence-corrected chi connectivity index (χ4v) is 4.69. The van der Waals surface area contributed by atoms with Gasteiger partial charge in [0, 0.05) is 44.1 Å². The number of carbonyl (C=O) groups excluding carboxylic acids is 1. The van der Waals surface area contributed by atoms with Gasteiger partial charge in [0.05, 0.1) is 16.6 Å². The Balaban J connectivity index is 1.45.